The first kappa shape index (κ1) is 12.7. The fraction of sp³-hybridized carbons (Fsp3) is 0.500. The van der Waals surface area contributed by atoms with Crippen molar-refractivity contribution in [2.75, 3.05) is 0 Å². The zero-order valence-corrected chi connectivity index (χ0v) is 9.96. The van der Waals surface area contributed by atoms with E-state index in [1.165, 1.54) is 12.1 Å². The normalized spacial score (nSPS) is 13.4. The number of alkyl halides is 2. The summed E-state index contributed by atoms with van der Waals surface area (Å²) in [5, 5.41) is 6.72. The van der Waals surface area contributed by atoms with Crippen molar-refractivity contribution in [3.8, 4) is 0 Å². The van der Waals surface area contributed by atoms with Crippen LogP contribution in [0.3, 0.4) is 0 Å². The quantitative estimate of drug-likeness (QED) is 0.530. The van der Waals surface area contributed by atoms with Gasteiger partial charge < -0.3 is 0 Å². The van der Waals surface area contributed by atoms with Crippen molar-refractivity contribution in [1.29, 1.82) is 0 Å². The molecular weight excluding hydrogens is 210 g/mol. The number of aryl methyl sites for hydroxylation is 1. The maximum Gasteiger partial charge on any atom is 0.385 e. The van der Waals surface area contributed by atoms with E-state index in [-0.39, 0.29) is 5.56 Å². The van der Waals surface area contributed by atoms with Crippen molar-refractivity contribution in [3.63, 3.8) is 0 Å². The average molecular weight is 226 g/mol. The smallest absolute Gasteiger partial charge is 0.182 e. The van der Waals surface area contributed by atoms with Crippen LogP contribution in [0.2, 0.25) is 0 Å². The SMILES string of the molecule is Cc1ccc(C(F)(F)/N=N/C(C)(C)C)cc1. The maximum absolute atomic E-state index is 13.6. The van der Waals surface area contributed by atoms with E-state index in [4.69, 9.17) is 0 Å². The van der Waals surface area contributed by atoms with Gasteiger partial charge in [-0.05, 0) is 27.7 Å². The standard InChI is InChI=1S/C12H16F2N2/c1-9-5-7-10(8-6-9)12(13,14)16-15-11(2,3)4/h5-8H,1-4H3/b16-15+. The first-order chi connectivity index (χ1) is 7.21. The summed E-state index contributed by atoms with van der Waals surface area (Å²) in [5.74, 6) is 0. The summed E-state index contributed by atoms with van der Waals surface area (Å²) in [7, 11) is 0. The van der Waals surface area contributed by atoms with Crippen LogP contribution in [0.4, 0.5) is 8.78 Å². The van der Waals surface area contributed by atoms with Gasteiger partial charge in [-0.25, -0.2) is 0 Å². The molecule has 16 heavy (non-hydrogen) atoms. The number of benzene rings is 1. The van der Waals surface area contributed by atoms with Crippen molar-refractivity contribution in [1.82, 2.24) is 0 Å². The Labute approximate surface area is 94.4 Å². The van der Waals surface area contributed by atoms with E-state index in [1.54, 1.807) is 32.9 Å². The monoisotopic (exact) mass is 226 g/mol. The van der Waals surface area contributed by atoms with E-state index < -0.39 is 11.6 Å². The predicted molar refractivity (Wildman–Crippen MR) is 59.7 cm³/mol. The van der Waals surface area contributed by atoms with Crippen molar-refractivity contribution < 1.29 is 8.78 Å². The highest BCUT2D eigenvalue weighted by atomic mass is 19.3. The van der Waals surface area contributed by atoms with E-state index in [1.807, 2.05) is 6.92 Å². The minimum Gasteiger partial charge on any atom is -0.182 e. The van der Waals surface area contributed by atoms with Crippen LogP contribution in [-0.2, 0) is 6.05 Å². The fourth-order valence-electron chi connectivity index (χ4n) is 1.02. The van der Waals surface area contributed by atoms with Gasteiger partial charge in [-0.15, -0.1) is 5.11 Å². The summed E-state index contributed by atoms with van der Waals surface area (Å²) in [6.07, 6.45) is 0. The van der Waals surface area contributed by atoms with Crippen LogP contribution in [0, 0.1) is 6.92 Å². The fourth-order valence-corrected chi connectivity index (χ4v) is 1.02. The van der Waals surface area contributed by atoms with Crippen molar-refractivity contribution in [2.24, 2.45) is 10.2 Å². The third-order valence-corrected chi connectivity index (χ3v) is 1.87. The van der Waals surface area contributed by atoms with Gasteiger partial charge in [0.05, 0.1) is 5.54 Å². The molecule has 0 unspecified atom stereocenters. The van der Waals surface area contributed by atoms with Crippen LogP contribution < -0.4 is 0 Å². The molecule has 0 saturated heterocycles. The Kier molecular flexibility index (Phi) is 3.41. The lowest BCUT2D eigenvalue weighted by Gasteiger charge is -2.14. The van der Waals surface area contributed by atoms with Gasteiger partial charge in [-0.1, -0.05) is 29.8 Å². The summed E-state index contributed by atoms with van der Waals surface area (Å²) in [6.45, 7) is 7.02. The number of hydrogen-bond acceptors (Lipinski definition) is 2. The van der Waals surface area contributed by atoms with Crippen LogP contribution in [0.5, 0.6) is 0 Å². The zero-order valence-electron chi connectivity index (χ0n) is 9.96. The number of hydrogen-bond donors (Lipinski definition) is 0. The summed E-state index contributed by atoms with van der Waals surface area (Å²) >= 11 is 0. The van der Waals surface area contributed by atoms with Gasteiger partial charge in [0.15, 0.2) is 0 Å². The first-order valence-electron chi connectivity index (χ1n) is 5.10. The Morgan fingerprint density at radius 1 is 0.938 bits per heavy atom. The van der Waals surface area contributed by atoms with Gasteiger partial charge in [0.25, 0.3) is 0 Å². The van der Waals surface area contributed by atoms with Gasteiger partial charge in [0, 0.05) is 5.56 Å². The van der Waals surface area contributed by atoms with Crippen LogP contribution in [0.1, 0.15) is 31.9 Å². The average Bonchev–Trinajstić information content (AvgIpc) is 2.15. The summed E-state index contributed by atoms with van der Waals surface area (Å²) in [6, 6.07) is 2.76. The molecular formula is C12H16F2N2. The van der Waals surface area contributed by atoms with Crippen LogP contribution >= 0.6 is 0 Å². The van der Waals surface area contributed by atoms with E-state index >= 15 is 0 Å². The van der Waals surface area contributed by atoms with E-state index in [2.05, 4.69) is 10.2 Å². The molecule has 88 valence electrons. The van der Waals surface area contributed by atoms with Gasteiger partial charge in [0.2, 0.25) is 0 Å². The maximum atomic E-state index is 13.6. The highest BCUT2D eigenvalue weighted by Gasteiger charge is 2.31. The molecule has 0 spiro atoms. The highest BCUT2D eigenvalue weighted by molar-refractivity contribution is 5.24. The second-order valence-electron chi connectivity index (χ2n) is 4.78. The first-order valence-corrected chi connectivity index (χ1v) is 5.10. The Morgan fingerprint density at radius 3 is 1.88 bits per heavy atom. The molecule has 0 aliphatic carbocycles. The number of nitrogens with zero attached hydrogens (tertiary/aromatic N) is 2. The lowest BCUT2D eigenvalue weighted by atomic mass is 10.1. The lowest BCUT2D eigenvalue weighted by molar-refractivity contribution is -0.00509. The van der Waals surface area contributed by atoms with E-state index in [9.17, 15) is 8.78 Å². The van der Waals surface area contributed by atoms with Crippen LogP contribution in [0.15, 0.2) is 34.5 Å². The third-order valence-electron chi connectivity index (χ3n) is 1.87. The van der Waals surface area contributed by atoms with Crippen molar-refractivity contribution >= 4 is 0 Å². The van der Waals surface area contributed by atoms with Gasteiger partial charge in [0.1, 0.15) is 0 Å². The number of rotatable bonds is 2. The van der Waals surface area contributed by atoms with Crippen molar-refractivity contribution in [3.05, 3.63) is 35.4 Å². The Bertz CT molecular complexity index is 375. The van der Waals surface area contributed by atoms with Gasteiger partial charge in [-0.3, -0.25) is 0 Å². The molecule has 0 bridgehead atoms. The molecule has 0 amide bonds. The molecule has 0 aliphatic rings. The molecule has 0 radical (unpaired) electrons. The predicted octanol–water partition coefficient (Wildman–Crippen LogP) is 4.30. The Morgan fingerprint density at radius 2 is 1.44 bits per heavy atom. The Hall–Kier alpha value is -1.32. The van der Waals surface area contributed by atoms with Crippen molar-refractivity contribution in [2.45, 2.75) is 39.3 Å². The lowest BCUT2D eigenvalue weighted by Crippen LogP contribution is -2.14. The number of azo groups is 1. The van der Waals surface area contributed by atoms with E-state index in [0.717, 1.165) is 5.56 Å². The molecule has 1 aromatic rings. The summed E-state index contributed by atoms with van der Waals surface area (Å²) < 4.78 is 27.1. The second-order valence-corrected chi connectivity index (χ2v) is 4.78. The highest BCUT2D eigenvalue weighted by Crippen LogP contribution is 2.30. The third kappa shape index (κ3) is 3.68. The molecule has 0 heterocycles. The molecule has 0 N–H and O–H groups in total. The summed E-state index contributed by atoms with van der Waals surface area (Å²) in [4.78, 5) is 0. The molecule has 1 aromatic carbocycles. The molecule has 0 aliphatic heterocycles. The topological polar surface area (TPSA) is 24.7 Å². The number of halogens is 2. The minimum atomic E-state index is -3.25. The van der Waals surface area contributed by atoms with Gasteiger partial charge >= 0.3 is 6.05 Å². The zero-order chi connectivity index (χ0) is 12.4. The molecule has 0 atom stereocenters. The van der Waals surface area contributed by atoms with Gasteiger partial charge in [-0.2, -0.15) is 13.9 Å². The molecule has 0 saturated carbocycles. The summed E-state index contributed by atoms with van der Waals surface area (Å²) in [5.41, 5.74) is 0.215. The molecule has 1 rings (SSSR count). The second kappa shape index (κ2) is 4.28. The van der Waals surface area contributed by atoms with E-state index in [0.29, 0.717) is 0 Å². The largest absolute Gasteiger partial charge is 0.385 e. The minimum absolute atomic E-state index is 0.133. The molecule has 4 heteroatoms. The molecule has 0 aromatic heterocycles. The molecule has 2 nitrogen and oxygen atoms in total. The van der Waals surface area contributed by atoms with Crippen LogP contribution in [-0.4, -0.2) is 5.54 Å². The molecule has 0 fully saturated rings. The Balaban J connectivity index is 2.94. The van der Waals surface area contributed by atoms with Crippen LogP contribution in [0.25, 0.3) is 0 Å².